The highest BCUT2D eigenvalue weighted by molar-refractivity contribution is 7.89. The molecule has 150 valence electrons. The van der Waals surface area contributed by atoms with Crippen molar-refractivity contribution in [2.75, 3.05) is 11.9 Å². The maximum Gasteiger partial charge on any atom is 0.258 e. The van der Waals surface area contributed by atoms with E-state index in [1.54, 1.807) is 12.1 Å². The van der Waals surface area contributed by atoms with Gasteiger partial charge in [-0.25, -0.2) is 12.8 Å². The van der Waals surface area contributed by atoms with Crippen LogP contribution in [0.15, 0.2) is 41.3 Å². The van der Waals surface area contributed by atoms with Crippen molar-refractivity contribution in [3.05, 3.63) is 58.9 Å². The first-order valence-corrected chi connectivity index (χ1v) is 10.8. The van der Waals surface area contributed by atoms with E-state index >= 15 is 0 Å². The van der Waals surface area contributed by atoms with Gasteiger partial charge in [-0.2, -0.15) is 4.31 Å². The minimum absolute atomic E-state index is 0.0613. The van der Waals surface area contributed by atoms with Gasteiger partial charge >= 0.3 is 0 Å². The maximum absolute atomic E-state index is 14.3. The summed E-state index contributed by atoms with van der Waals surface area (Å²) < 4.78 is 41.8. The summed E-state index contributed by atoms with van der Waals surface area (Å²) in [6, 6.07) is 8.72. The van der Waals surface area contributed by atoms with Gasteiger partial charge in [0.25, 0.3) is 5.91 Å². The molecule has 7 heteroatoms. The summed E-state index contributed by atoms with van der Waals surface area (Å²) in [7, 11) is -3.79. The van der Waals surface area contributed by atoms with E-state index in [0.717, 1.165) is 42.5 Å². The fourth-order valence-corrected chi connectivity index (χ4v) is 5.21. The van der Waals surface area contributed by atoms with Gasteiger partial charge in [-0.05, 0) is 69.0 Å². The lowest BCUT2D eigenvalue weighted by molar-refractivity contribution is 0.102. The van der Waals surface area contributed by atoms with Crippen molar-refractivity contribution in [2.45, 2.75) is 51.0 Å². The predicted molar refractivity (Wildman–Crippen MR) is 107 cm³/mol. The number of hydrogen-bond donors (Lipinski definition) is 1. The van der Waals surface area contributed by atoms with Gasteiger partial charge in [-0.3, -0.25) is 4.79 Å². The number of amides is 1. The monoisotopic (exact) mass is 404 g/mol. The van der Waals surface area contributed by atoms with Crippen LogP contribution in [0.5, 0.6) is 0 Å². The standard InChI is InChI=1S/C21H25FN2O3S/c1-14-7-6-9-20(16(14)3)23-21(25)18-13-17(10-11-19(18)22)28(26,27)24-12-5-4-8-15(24)2/h6-7,9-11,13,15H,4-5,8,12H2,1-3H3,(H,23,25)/t15-/m0/s1. The van der Waals surface area contributed by atoms with E-state index in [1.807, 2.05) is 26.8 Å². The predicted octanol–water partition coefficient (Wildman–Crippen LogP) is 4.26. The highest BCUT2D eigenvalue weighted by atomic mass is 32.2. The molecule has 2 aromatic carbocycles. The molecule has 0 aliphatic carbocycles. The van der Waals surface area contributed by atoms with Gasteiger partial charge < -0.3 is 5.32 Å². The quantitative estimate of drug-likeness (QED) is 0.828. The zero-order valence-corrected chi connectivity index (χ0v) is 17.1. The normalized spacial score (nSPS) is 18.1. The first kappa shape index (κ1) is 20.5. The van der Waals surface area contributed by atoms with Crippen molar-refractivity contribution < 1.29 is 17.6 Å². The second-order valence-corrected chi connectivity index (χ2v) is 9.19. The molecule has 1 fully saturated rings. The highest BCUT2D eigenvalue weighted by Crippen LogP contribution is 2.27. The van der Waals surface area contributed by atoms with E-state index in [2.05, 4.69) is 5.32 Å². The van der Waals surface area contributed by atoms with Crippen LogP contribution in [0.1, 0.15) is 47.7 Å². The Kier molecular flexibility index (Phi) is 5.86. The Balaban J connectivity index is 1.93. The second-order valence-electron chi connectivity index (χ2n) is 7.30. The number of rotatable bonds is 4. The molecule has 0 spiro atoms. The largest absolute Gasteiger partial charge is 0.322 e. The number of nitrogens with zero attached hydrogens (tertiary/aromatic N) is 1. The Hall–Kier alpha value is -2.25. The summed E-state index contributed by atoms with van der Waals surface area (Å²) in [6.45, 7) is 6.08. The third kappa shape index (κ3) is 3.95. The fraction of sp³-hybridized carbons (Fsp3) is 0.381. The average molecular weight is 405 g/mol. The van der Waals surface area contributed by atoms with Crippen LogP contribution in [0, 0.1) is 19.7 Å². The highest BCUT2D eigenvalue weighted by Gasteiger charge is 2.31. The molecule has 0 aromatic heterocycles. The van der Waals surface area contributed by atoms with Crippen molar-refractivity contribution in [1.82, 2.24) is 4.31 Å². The van der Waals surface area contributed by atoms with E-state index in [0.29, 0.717) is 12.2 Å². The molecule has 28 heavy (non-hydrogen) atoms. The molecule has 3 rings (SSSR count). The van der Waals surface area contributed by atoms with Crippen LogP contribution < -0.4 is 5.32 Å². The molecule has 0 bridgehead atoms. The Morgan fingerprint density at radius 1 is 1.18 bits per heavy atom. The van der Waals surface area contributed by atoms with Crippen molar-refractivity contribution in [3.63, 3.8) is 0 Å². The van der Waals surface area contributed by atoms with Gasteiger partial charge in [0.2, 0.25) is 10.0 Å². The number of aryl methyl sites for hydroxylation is 1. The van der Waals surface area contributed by atoms with Gasteiger partial charge in [0.05, 0.1) is 10.5 Å². The van der Waals surface area contributed by atoms with Crippen LogP contribution in [0.3, 0.4) is 0 Å². The van der Waals surface area contributed by atoms with Crippen LogP contribution in [0.4, 0.5) is 10.1 Å². The Morgan fingerprint density at radius 2 is 1.93 bits per heavy atom. The lowest BCUT2D eigenvalue weighted by Crippen LogP contribution is -2.42. The first-order chi connectivity index (χ1) is 13.2. The Labute approximate surface area is 165 Å². The number of hydrogen-bond acceptors (Lipinski definition) is 3. The smallest absolute Gasteiger partial charge is 0.258 e. The molecule has 1 saturated heterocycles. The Morgan fingerprint density at radius 3 is 2.64 bits per heavy atom. The molecular formula is C21H25FN2O3S. The minimum Gasteiger partial charge on any atom is -0.322 e. The van der Waals surface area contributed by atoms with Gasteiger partial charge in [-0.15, -0.1) is 0 Å². The maximum atomic E-state index is 14.3. The number of carbonyl (C=O) groups excluding carboxylic acids is 1. The van der Waals surface area contributed by atoms with Crippen molar-refractivity contribution >= 4 is 21.6 Å². The third-order valence-electron chi connectivity index (χ3n) is 5.38. The van der Waals surface area contributed by atoms with Gasteiger partial charge in [-0.1, -0.05) is 18.6 Å². The zero-order chi connectivity index (χ0) is 20.5. The number of sulfonamides is 1. The van der Waals surface area contributed by atoms with Gasteiger partial charge in [0.1, 0.15) is 5.82 Å². The summed E-state index contributed by atoms with van der Waals surface area (Å²) in [5.41, 5.74) is 2.16. The van der Waals surface area contributed by atoms with Crippen LogP contribution in [-0.4, -0.2) is 31.2 Å². The molecule has 0 saturated carbocycles. The molecule has 1 amide bonds. The number of piperidine rings is 1. The number of nitrogens with one attached hydrogen (secondary N) is 1. The summed E-state index contributed by atoms with van der Waals surface area (Å²) >= 11 is 0. The van der Waals surface area contributed by atoms with Crippen LogP contribution >= 0.6 is 0 Å². The molecule has 1 aliphatic rings. The molecule has 1 N–H and O–H groups in total. The zero-order valence-electron chi connectivity index (χ0n) is 16.3. The third-order valence-corrected chi connectivity index (χ3v) is 7.39. The molecular weight excluding hydrogens is 379 g/mol. The summed E-state index contributed by atoms with van der Waals surface area (Å²) in [5.74, 6) is -1.43. The van der Waals surface area contributed by atoms with Crippen molar-refractivity contribution in [2.24, 2.45) is 0 Å². The van der Waals surface area contributed by atoms with Crippen LogP contribution in [0.25, 0.3) is 0 Å². The van der Waals surface area contributed by atoms with Crippen molar-refractivity contribution in [1.29, 1.82) is 0 Å². The van der Waals surface area contributed by atoms with E-state index in [4.69, 9.17) is 0 Å². The minimum atomic E-state index is -3.79. The fourth-order valence-electron chi connectivity index (χ4n) is 3.48. The number of benzene rings is 2. The molecule has 5 nitrogen and oxygen atoms in total. The molecule has 2 aromatic rings. The van der Waals surface area contributed by atoms with Crippen molar-refractivity contribution in [3.8, 4) is 0 Å². The average Bonchev–Trinajstić information content (AvgIpc) is 2.65. The van der Waals surface area contributed by atoms with E-state index in [9.17, 15) is 17.6 Å². The van der Waals surface area contributed by atoms with Gasteiger partial charge in [0, 0.05) is 18.3 Å². The lowest BCUT2D eigenvalue weighted by atomic mass is 10.1. The summed E-state index contributed by atoms with van der Waals surface area (Å²) in [5, 5.41) is 2.69. The topological polar surface area (TPSA) is 66.5 Å². The first-order valence-electron chi connectivity index (χ1n) is 9.41. The van der Waals surface area contributed by atoms with Crippen LogP contribution in [0.2, 0.25) is 0 Å². The van der Waals surface area contributed by atoms with E-state index in [-0.39, 0.29) is 16.5 Å². The number of anilines is 1. The Bertz CT molecular complexity index is 1000. The lowest BCUT2D eigenvalue weighted by Gasteiger charge is -2.32. The molecule has 0 unspecified atom stereocenters. The summed E-state index contributed by atoms with van der Waals surface area (Å²) in [6.07, 6.45) is 2.57. The molecule has 0 radical (unpaired) electrons. The second kappa shape index (κ2) is 8.01. The van der Waals surface area contributed by atoms with E-state index in [1.165, 1.54) is 10.4 Å². The number of carbonyl (C=O) groups is 1. The van der Waals surface area contributed by atoms with Gasteiger partial charge in [0.15, 0.2) is 0 Å². The van der Waals surface area contributed by atoms with E-state index < -0.39 is 21.7 Å². The molecule has 1 aliphatic heterocycles. The summed E-state index contributed by atoms with van der Waals surface area (Å²) in [4.78, 5) is 12.6. The molecule has 1 heterocycles. The SMILES string of the molecule is Cc1cccc(NC(=O)c2cc(S(=O)(=O)N3CCCC[C@@H]3C)ccc2F)c1C. The molecule has 1 atom stereocenters. The van der Waals surface area contributed by atoms with Crippen LogP contribution in [-0.2, 0) is 10.0 Å². The number of halogens is 1.